The summed E-state index contributed by atoms with van der Waals surface area (Å²) in [7, 11) is 0. The zero-order chi connectivity index (χ0) is 13.3. The lowest BCUT2D eigenvalue weighted by Gasteiger charge is -2.38. The highest BCUT2D eigenvalue weighted by molar-refractivity contribution is 5.97. The van der Waals surface area contributed by atoms with Gasteiger partial charge in [0.1, 0.15) is 5.75 Å². The Morgan fingerprint density at radius 3 is 2.89 bits per heavy atom. The van der Waals surface area contributed by atoms with Crippen LogP contribution in [0.4, 0.5) is 0 Å². The standard InChI is InChI=1S/C14H19NO3/c1-9-4-5-13(16)12(8-9)14(17)15-6-7-18-11(3)10(15)2/h4-5,8,10-11,16H,6-7H2,1-3H3. The highest BCUT2D eigenvalue weighted by Gasteiger charge is 2.30. The Morgan fingerprint density at radius 2 is 2.17 bits per heavy atom. The van der Waals surface area contributed by atoms with Crippen LogP contribution in [-0.4, -0.2) is 41.2 Å². The molecule has 2 unspecified atom stereocenters. The Morgan fingerprint density at radius 1 is 1.44 bits per heavy atom. The van der Waals surface area contributed by atoms with E-state index in [1.807, 2.05) is 20.8 Å². The van der Waals surface area contributed by atoms with Crippen LogP contribution in [0.25, 0.3) is 0 Å². The average molecular weight is 249 g/mol. The lowest BCUT2D eigenvalue weighted by atomic mass is 10.1. The Kier molecular flexibility index (Phi) is 3.57. The number of aromatic hydroxyl groups is 1. The molecule has 18 heavy (non-hydrogen) atoms. The van der Waals surface area contributed by atoms with Gasteiger partial charge in [-0.1, -0.05) is 11.6 Å². The molecule has 1 aliphatic rings. The average Bonchev–Trinajstić information content (AvgIpc) is 2.35. The van der Waals surface area contributed by atoms with Crippen LogP contribution in [0.5, 0.6) is 5.75 Å². The molecule has 0 radical (unpaired) electrons. The SMILES string of the molecule is Cc1ccc(O)c(C(=O)N2CCOC(C)C2C)c1. The van der Waals surface area contributed by atoms with Crippen molar-refractivity contribution in [2.75, 3.05) is 13.2 Å². The third-order valence-electron chi connectivity index (χ3n) is 3.53. The number of phenolic OH excluding ortho intramolecular Hbond substituents is 1. The van der Waals surface area contributed by atoms with E-state index < -0.39 is 0 Å². The molecule has 0 bridgehead atoms. The summed E-state index contributed by atoms with van der Waals surface area (Å²) in [5.41, 5.74) is 1.33. The van der Waals surface area contributed by atoms with E-state index in [9.17, 15) is 9.90 Å². The molecule has 1 heterocycles. The number of rotatable bonds is 1. The van der Waals surface area contributed by atoms with Crippen molar-refractivity contribution in [2.45, 2.75) is 32.9 Å². The van der Waals surface area contributed by atoms with Crippen LogP contribution in [0, 0.1) is 6.92 Å². The number of morpholine rings is 1. The molecule has 2 rings (SSSR count). The number of carbonyl (C=O) groups excluding carboxylic acids is 1. The maximum atomic E-state index is 12.4. The number of aryl methyl sites for hydroxylation is 1. The maximum absolute atomic E-state index is 12.4. The number of nitrogens with zero attached hydrogens (tertiary/aromatic N) is 1. The van der Waals surface area contributed by atoms with Crippen LogP contribution < -0.4 is 0 Å². The van der Waals surface area contributed by atoms with Gasteiger partial charge in [0.15, 0.2) is 0 Å². The first-order valence-corrected chi connectivity index (χ1v) is 6.23. The van der Waals surface area contributed by atoms with Crippen LogP contribution in [0.2, 0.25) is 0 Å². The van der Waals surface area contributed by atoms with Gasteiger partial charge in [-0.15, -0.1) is 0 Å². The second-order valence-electron chi connectivity index (χ2n) is 4.84. The number of hydrogen-bond donors (Lipinski definition) is 1. The van der Waals surface area contributed by atoms with E-state index in [4.69, 9.17) is 4.74 Å². The van der Waals surface area contributed by atoms with E-state index in [2.05, 4.69) is 0 Å². The molecule has 2 atom stereocenters. The number of amides is 1. The van der Waals surface area contributed by atoms with Gasteiger partial charge in [-0.05, 0) is 32.9 Å². The lowest BCUT2D eigenvalue weighted by Crippen LogP contribution is -2.51. The Labute approximate surface area is 107 Å². The van der Waals surface area contributed by atoms with Gasteiger partial charge < -0.3 is 14.7 Å². The van der Waals surface area contributed by atoms with Gasteiger partial charge in [0, 0.05) is 6.54 Å². The van der Waals surface area contributed by atoms with Gasteiger partial charge >= 0.3 is 0 Å². The minimum Gasteiger partial charge on any atom is -0.507 e. The number of benzene rings is 1. The molecular weight excluding hydrogens is 230 g/mol. The van der Waals surface area contributed by atoms with Crippen molar-refractivity contribution >= 4 is 5.91 Å². The van der Waals surface area contributed by atoms with Crippen molar-refractivity contribution in [1.29, 1.82) is 0 Å². The summed E-state index contributed by atoms with van der Waals surface area (Å²) in [5.74, 6) is -0.0872. The predicted molar refractivity (Wildman–Crippen MR) is 68.8 cm³/mol. The number of carbonyl (C=O) groups is 1. The highest BCUT2D eigenvalue weighted by Crippen LogP contribution is 2.23. The van der Waals surface area contributed by atoms with E-state index >= 15 is 0 Å². The fourth-order valence-electron chi connectivity index (χ4n) is 2.20. The first-order valence-electron chi connectivity index (χ1n) is 6.23. The lowest BCUT2D eigenvalue weighted by molar-refractivity contribution is -0.0441. The predicted octanol–water partition coefficient (Wildman–Crippen LogP) is 1.95. The summed E-state index contributed by atoms with van der Waals surface area (Å²) in [6.07, 6.45) is 0.0228. The van der Waals surface area contributed by atoms with Crippen molar-refractivity contribution in [3.8, 4) is 5.75 Å². The summed E-state index contributed by atoms with van der Waals surface area (Å²) in [4.78, 5) is 14.2. The minimum absolute atomic E-state index is 0.0196. The van der Waals surface area contributed by atoms with Crippen molar-refractivity contribution in [1.82, 2.24) is 4.90 Å². The second-order valence-corrected chi connectivity index (χ2v) is 4.84. The van der Waals surface area contributed by atoms with Gasteiger partial charge in [0.25, 0.3) is 5.91 Å². The molecule has 98 valence electrons. The monoisotopic (exact) mass is 249 g/mol. The summed E-state index contributed by atoms with van der Waals surface area (Å²) in [5, 5.41) is 9.81. The third kappa shape index (κ3) is 2.34. The van der Waals surface area contributed by atoms with E-state index in [-0.39, 0.29) is 23.8 Å². The maximum Gasteiger partial charge on any atom is 0.258 e. The fourth-order valence-corrected chi connectivity index (χ4v) is 2.20. The van der Waals surface area contributed by atoms with Crippen LogP contribution >= 0.6 is 0 Å². The van der Waals surface area contributed by atoms with Crippen molar-refractivity contribution in [3.63, 3.8) is 0 Å². The van der Waals surface area contributed by atoms with E-state index in [1.165, 1.54) is 0 Å². The molecule has 1 fully saturated rings. The Balaban J connectivity index is 2.27. The molecule has 4 nitrogen and oxygen atoms in total. The van der Waals surface area contributed by atoms with Crippen LogP contribution in [0.1, 0.15) is 29.8 Å². The van der Waals surface area contributed by atoms with Crippen molar-refractivity contribution < 1.29 is 14.6 Å². The minimum atomic E-state index is -0.126. The number of ether oxygens (including phenoxy) is 1. The van der Waals surface area contributed by atoms with Crippen LogP contribution in [0.3, 0.4) is 0 Å². The quantitative estimate of drug-likeness (QED) is 0.827. The van der Waals surface area contributed by atoms with Gasteiger partial charge in [-0.25, -0.2) is 0 Å². The van der Waals surface area contributed by atoms with E-state index in [0.29, 0.717) is 18.7 Å². The molecule has 1 amide bonds. The van der Waals surface area contributed by atoms with Gasteiger partial charge in [-0.2, -0.15) is 0 Å². The highest BCUT2D eigenvalue weighted by atomic mass is 16.5. The normalized spacial score (nSPS) is 24.1. The molecule has 0 saturated carbocycles. The first kappa shape index (κ1) is 12.9. The smallest absolute Gasteiger partial charge is 0.258 e. The molecule has 0 aromatic heterocycles. The number of phenols is 1. The molecule has 0 aliphatic carbocycles. The Hall–Kier alpha value is -1.55. The van der Waals surface area contributed by atoms with Crippen molar-refractivity contribution in [2.24, 2.45) is 0 Å². The Bertz CT molecular complexity index is 458. The molecule has 1 aromatic carbocycles. The van der Waals surface area contributed by atoms with Gasteiger partial charge in [0.05, 0.1) is 24.3 Å². The van der Waals surface area contributed by atoms with Gasteiger partial charge in [-0.3, -0.25) is 4.79 Å². The molecule has 0 spiro atoms. The zero-order valence-electron chi connectivity index (χ0n) is 11.0. The molecule has 1 N–H and O–H groups in total. The molecule has 1 aliphatic heterocycles. The third-order valence-corrected chi connectivity index (χ3v) is 3.53. The summed E-state index contributed by atoms with van der Waals surface area (Å²) in [6, 6.07) is 5.10. The molecule has 1 aromatic rings. The van der Waals surface area contributed by atoms with E-state index in [0.717, 1.165) is 5.56 Å². The molecule has 4 heteroatoms. The first-order chi connectivity index (χ1) is 8.50. The molecular formula is C14H19NO3. The number of hydrogen-bond acceptors (Lipinski definition) is 3. The zero-order valence-corrected chi connectivity index (χ0v) is 11.0. The summed E-state index contributed by atoms with van der Waals surface area (Å²) >= 11 is 0. The van der Waals surface area contributed by atoms with Crippen LogP contribution in [0.15, 0.2) is 18.2 Å². The second kappa shape index (κ2) is 4.98. The largest absolute Gasteiger partial charge is 0.507 e. The fraction of sp³-hybridized carbons (Fsp3) is 0.500. The van der Waals surface area contributed by atoms with Crippen LogP contribution in [-0.2, 0) is 4.74 Å². The van der Waals surface area contributed by atoms with Crippen molar-refractivity contribution in [3.05, 3.63) is 29.3 Å². The summed E-state index contributed by atoms with van der Waals surface area (Å²) < 4.78 is 5.50. The van der Waals surface area contributed by atoms with Gasteiger partial charge in [0.2, 0.25) is 0 Å². The summed E-state index contributed by atoms with van der Waals surface area (Å²) in [6.45, 7) is 6.94. The topological polar surface area (TPSA) is 49.8 Å². The molecule has 1 saturated heterocycles. The van der Waals surface area contributed by atoms with E-state index in [1.54, 1.807) is 23.1 Å².